The number of imide groups is 1. The van der Waals surface area contributed by atoms with Crippen molar-refractivity contribution >= 4 is 52.6 Å². The van der Waals surface area contributed by atoms with E-state index in [1.807, 2.05) is 66.8 Å². The van der Waals surface area contributed by atoms with Crippen molar-refractivity contribution in [1.29, 1.82) is 0 Å². The highest BCUT2D eigenvalue weighted by Gasteiger charge is 2.49. The molecule has 1 saturated heterocycles. The standard InChI is InChI=1S/C25H19Cl2N5O2/c26-16-9-5-14(6-10-16)20-13-21(15-7-11-17(27)12-8-15)32-24(28-20)29-25(30-32)31-22(33)18-3-1-2-4-19(18)23(31)34/h1-2,5-13,18-19,21H,3-4H2,(H,28,29,30)/t18-,19+,21-/m1/s1. The van der Waals surface area contributed by atoms with Crippen LogP contribution < -0.4 is 10.2 Å². The van der Waals surface area contributed by atoms with Crippen LogP contribution in [0, 0.1) is 11.8 Å². The van der Waals surface area contributed by atoms with Crippen LogP contribution in [0.2, 0.25) is 10.0 Å². The minimum Gasteiger partial charge on any atom is -0.324 e. The van der Waals surface area contributed by atoms with Gasteiger partial charge >= 0.3 is 0 Å². The Labute approximate surface area is 205 Å². The van der Waals surface area contributed by atoms with E-state index in [4.69, 9.17) is 23.2 Å². The summed E-state index contributed by atoms with van der Waals surface area (Å²) in [5.41, 5.74) is 2.68. The first-order chi connectivity index (χ1) is 16.5. The van der Waals surface area contributed by atoms with E-state index in [2.05, 4.69) is 15.4 Å². The number of anilines is 2. The molecule has 170 valence electrons. The van der Waals surface area contributed by atoms with Crippen molar-refractivity contribution in [3.8, 4) is 0 Å². The summed E-state index contributed by atoms with van der Waals surface area (Å²) < 4.78 is 1.69. The van der Waals surface area contributed by atoms with Gasteiger partial charge in [-0.2, -0.15) is 4.98 Å². The highest BCUT2D eigenvalue weighted by Crippen LogP contribution is 2.39. The molecule has 3 heterocycles. The monoisotopic (exact) mass is 491 g/mol. The van der Waals surface area contributed by atoms with Crippen LogP contribution in [-0.4, -0.2) is 26.6 Å². The van der Waals surface area contributed by atoms with Crippen LogP contribution >= 0.6 is 23.2 Å². The van der Waals surface area contributed by atoms with Crippen molar-refractivity contribution in [3.05, 3.63) is 87.9 Å². The molecule has 0 saturated carbocycles. The molecule has 0 unspecified atom stereocenters. The molecule has 34 heavy (non-hydrogen) atoms. The highest BCUT2D eigenvalue weighted by molar-refractivity contribution is 6.30. The molecule has 1 aromatic heterocycles. The van der Waals surface area contributed by atoms with Gasteiger partial charge in [0.2, 0.25) is 17.8 Å². The lowest BCUT2D eigenvalue weighted by molar-refractivity contribution is -0.122. The lowest BCUT2D eigenvalue weighted by Gasteiger charge is -2.24. The molecule has 3 aromatic rings. The van der Waals surface area contributed by atoms with Gasteiger partial charge in [-0.05, 0) is 54.3 Å². The number of halogens is 2. The Morgan fingerprint density at radius 1 is 0.853 bits per heavy atom. The number of amides is 2. The molecule has 0 bridgehead atoms. The van der Waals surface area contributed by atoms with Crippen molar-refractivity contribution in [2.75, 3.05) is 10.2 Å². The van der Waals surface area contributed by atoms with Gasteiger partial charge < -0.3 is 5.32 Å². The Morgan fingerprint density at radius 3 is 2.06 bits per heavy atom. The van der Waals surface area contributed by atoms with Gasteiger partial charge in [0.05, 0.1) is 11.8 Å². The van der Waals surface area contributed by atoms with Crippen molar-refractivity contribution in [2.24, 2.45) is 11.8 Å². The van der Waals surface area contributed by atoms with Crippen LogP contribution in [0.1, 0.15) is 30.0 Å². The normalized spacial score (nSPS) is 23.4. The van der Waals surface area contributed by atoms with Gasteiger partial charge in [0.25, 0.3) is 5.95 Å². The number of rotatable bonds is 3. The molecule has 3 atom stereocenters. The average molecular weight is 492 g/mol. The molecule has 0 spiro atoms. The molecule has 2 amide bonds. The fraction of sp³-hybridized carbons (Fsp3) is 0.200. The zero-order valence-corrected chi connectivity index (χ0v) is 19.4. The molecular weight excluding hydrogens is 473 g/mol. The molecule has 2 aromatic carbocycles. The summed E-state index contributed by atoms with van der Waals surface area (Å²) in [5, 5.41) is 9.19. The zero-order valence-electron chi connectivity index (χ0n) is 17.9. The zero-order chi connectivity index (χ0) is 23.4. The highest BCUT2D eigenvalue weighted by atomic mass is 35.5. The second-order valence-electron chi connectivity index (χ2n) is 8.56. The minimum atomic E-state index is -0.346. The van der Waals surface area contributed by atoms with Crippen LogP contribution in [0.5, 0.6) is 0 Å². The minimum absolute atomic E-state index is 0.0941. The van der Waals surface area contributed by atoms with Crippen molar-refractivity contribution < 1.29 is 9.59 Å². The van der Waals surface area contributed by atoms with Crippen LogP contribution in [-0.2, 0) is 9.59 Å². The van der Waals surface area contributed by atoms with Crippen LogP contribution in [0.4, 0.5) is 11.9 Å². The number of nitrogens with zero attached hydrogens (tertiary/aromatic N) is 4. The number of allylic oxidation sites excluding steroid dienone is 3. The molecule has 7 nitrogen and oxygen atoms in total. The maximum Gasteiger partial charge on any atom is 0.260 e. The van der Waals surface area contributed by atoms with E-state index in [-0.39, 0.29) is 35.6 Å². The summed E-state index contributed by atoms with van der Waals surface area (Å²) in [5.74, 6) is -0.637. The van der Waals surface area contributed by atoms with E-state index in [1.54, 1.807) is 4.68 Å². The first-order valence-electron chi connectivity index (χ1n) is 11.0. The number of nitrogens with one attached hydrogen (secondary N) is 1. The van der Waals surface area contributed by atoms with E-state index >= 15 is 0 Å². The van der Waals surface area contributed by atoms with Crippen LogP contribution in [0.15, 0.2) is 66.8 Å². The molecule has 0 radical (unpaired) electrons. The van der Waals surface area contributed by atoms with E-state index in [0.717, 1.165) is 21.7 Å². The summed E-state index contributed by atoms with van der Waals surface area (Å²) in [4.78, 5) is 31.9. The van der Waals surface area contributed by atoms with Gasteiger partial charge in [-0.3, -0.25) is 9.59 Å². The predicted octanol–water partition coefficient (Wildman–Crippen LogP) is 5.10. The number of aromatic nitrogens is 3. The first kappa shape index (κ1) is 21.1. The molecule has 1 fully saturated rings. The summed E-state index contributed by atoms with van der Waals surface area (Å²) in [6, 6.07) is 14.6. The first-order valence-corrected chi connectivity index (χ1v) is 11.7. The summed E-state index contributed by atoms with van der Waals surface area (Å²) in [7, 11) is 0. The van der Waals surface area contributed by atoms with Crippen LogP contribution in [0.25, 0.3) is 5.70 Å². The van der Waals surface area contributed by atoms with E-state index in [1.165, 1.54) is 0 Å². The smallest absolute Gasteiger partial charge is 0.260 e. The number of carbonyl (C=O) groups is 2. The average Bonchev–Trinajstić information content (AvgIpc) is 3.38. The summed E-state index contributed by atoms with van der Waals surface area (Å²) in [6.07, 6.45) is 7.07. The Balaban J connectivity index is 1.42. The Hall–Kier alpha value is -3.42. The summed E-state index contributed by atoms with van der Waals surface area (Å²) in [6.45, 7) is 0. The van der Waals surface area contributed by atoms with Crippen LogP contribution in [0.3, 0.4) is 0 Å². The van der Waals surface area contributed by atoms with Gasteiger partial charge in [-0.15, -0.1) is 5.10 Å². The Morgan fingerprint density at radius 2 is 1.44 bits per heavy atom. The molecule has 3 aliphatic rings. The van der Waals surface area contributed by atoms with E-state index in [9.17, 15) is 9.59 Å². The van der Waals surface area contributed by atoms with Gasteiger partial charge in [-0.25, -0.2) is 9.58 Å². The van der Waals surface area contributed by atoms with Gasteiger partial charge in [-0.1, -0.05) is 59.6 Å². The maximum atomic E-state index is 13.1. The number of carbonyl (C=O) groups excluding carboxylic acids is 2. The van der Waals surface area contributed by atoms with Gasteiger partial charge in [0.15, 0.2) is 0 Å². The topological polar surface area (TPSA) is 80.1 Å². The third kappa shape index (κ3) is 3.43. The summed E-state index contributed by atoms with van der Waals surface area (Å²) >= 11 is 12.2. The second-order valence-corrected chi connectivity index (χ2v) is 9.43. The molecule has 2 aliphatic heterocycles. The fourth-order valence-corrected chi connectivity index (χ4v) is 5.02. The van der Waals surface area contributed by atoms with E-state index < -0.39 is 0 Å². The maximum absolute atomic E-state index is 13.1. The third-order valence-corrected chi connectivity index (χ3v) is 7.03. The largest absolute Gasteiger partial charge is 0.324 e. The van der Waals surface area contributed by atoms with Gasteiger partial charge in [0, 0.05) is 15.7 Å². The fourth-order valence-electron chi connectivity index (χ4n) is 4.77. The SMILES string of the molecule is O=C1[C@H]2CC=CC[C@H]2C(=O)N1c1nc2n(n1)[C@@H](c1ccc(Cl)cc1)C=C(c1ccc(Cl)cc1)N2. The number of hydrogen-bond donors (Lipinski definition) is 1. The van der Waals surface area contributed by atoms with Crippen molar-refractivity contribution in [2.45, 2.75) is 18.9 Å². The Kier molecular flexibility index (Phi) is 5.04. The molecular formula is C25H19Cl2N5O2. The lowest BCUT2D eigenvalue weighted by Crippen LogP contribution is -2.32. The number of hydrogen-bond acceptors (Lipinski definition) is 5. The number of benzene rings is 2. The Bertz CT molecular complexity index is 1330. The van der Waals surface area contributed by atoms with Gasteiger partial charge in [0.1, 0.15) is 6.04 Å². The molecule has 1 N–H and O–H groups in total. The third-order valence-electron chi connectivity index (χ3n) is 6.53. The van der Waals surface area contributed by atoms with E-state index in [0.29, 0.717) is 28.8 Å². The molecule has 6 rings (SSSR count). The quantitative estimate of drug-likeness (QED) is 0.407. The molecule has 9 heteroatoms. The van der Waals surface area contributed by atoms with Crippen molar-refractivity contribution in [3.63, 3.8) is 0 Å². The lowest BCUT2D eigenvalue weighted by atomic mass is 9.85. The predicted molar refractivity (Wildman–Crippen MR) is 131 cm³/mol. The number of fused-ring (bicyclic) bond motifs is 2. The second kappa shape index (κ2) is 8.11. The van der Waals surface area contributed by atoms with Crippen molar-refractivity contribution in [1.82, 2.24) is 14.8 Å². The molecule has 1 aliphatic carbocycles.